The number of hydrogen-bond acceptors (Lipinski definition) is 1. The summed E-state index contributed by atoms with van der Waals surface area (Å²) in [7, 11) is 0. The molecule has 0 aliphatic heterocycles. The Morgan fingerprint density at radius 2 is 1.71 bits per heavy atom. The Labute approximate surface area is 144 Å². The van der Waals surface area contributed by atoms with Crippen LogP contribution >= 0.6 is 39.1 Å². The van der Waals surface area contributed by atoms with Crippen LogP contribution in [-0.2, 0) is 0 Å². The van der Waals surface area contributed by atoms with Gasteiger partial charge in [0, 0.05) is 14.5 Å². The van der Waals surface area contributed by atoms with Gasteiger partial charge in [0.05, 0.1) is 6.04 Å². The molecule has 0 heterocycles. The molecule has 0 amide bonds. The molecule has 2 rings (SSSR count). The molecule has 0 saturated carbocycles. The van der Waals surface area contributed by atoms with Gasteiger partial charge in [0.25, 0.3) is 0 Å². The second-order valence-electron chi connectivity index (χ2n) is 5.11. The van der Waals surface area contributed by atoms with Gasteiger partial charge in [0.2, 0.25) is 0 Å². The Bertz CT molecular complexity index is 655. The average molecular weight is 387 g/mol. The van der Waals surface area contributed by atoms with Crippen molar-refractivity contribution in [2.24, 2.45) is 0 Å². The van der Waals surface area contributed by atoms with Crippen molar-refractivity contribution in [3.05, 3.63) is 67.1 Å². The number of halogens is 3. The van der Waals surface area contributed by atoms with E-state index >= 15 is 0 Å². The fraction of sp³-hybridized carbons (Fsp3) is 0.294. The Morgan fingerprint density at radius 1 is 1.05 bits per heavy atom. The van der Waals surface area contributed by atoms with Crippen LogP contribution < -0.4 is 5.32 Å². The highest BCUT2D eigenvalue weighted by Crippen LogP contribution is 2.35. The summed E-state index contributed by atoms with van der Waals surface area (Å²) in [6.07, 6.45) is 0. The van der Waals surface area contributed by atoms with E-state index < -0.39 is 0 Å². The molecule has 2 aromatic carbocycles. The molecule has 0 radical (unpaired) electrons. The molecular formula is C17H18BrCl2N. The lowest BCUT2D eigenvalue weighted by molar-refractivity contribution is 0.628. The topological polar surface area (TPSA) is 12.0 Å². The van der Waals surface area contributed by atoms with Crippen LogP contribution in [0.1, 0.15) is 35.2 Å². The van der Waals surface area contributed by atoms with E-state index in [0.717, 1.165) is 27.2 Å². The first-order valence-electron chi connectivity index (χ1n) is 6.89. The Kier molecular flexibility index (Phi) is 5.73. The summed E-state index contributed by atoms with van der Waals surface area (Å²) in [5, 5.41) is 5.00. The normalized spacial score (nSPS) is 12.5. The lowest BCUT2D eigenvalue weighted by Crippen LogP contribution is -2.23. The Balaban J connectivity index is 2.55. The molecular weight excluding hydrogens is 369 g/mol. The maximum Gasteiger partial charge on any atom is 0.0602 e. The summed E-state index contributed by atoms with van der Waals surface area (Å²) < 4.78 is 0.982. The maximum atomic E-state index is 6.48. The highest BCUT2D eigenvalue weighted by molar-refractivity contribution is 9.10. The predicted molar refractivity (Wildman–Crippen MR) is 95.6 cm³/mol. The fourth-order valence-corrected chi connectivity index (χ4v) is 3.59. The first kappa shape index (κ1) is 16.8. The molecule has 1 unspecified atom stereocenters. The van der Waals surface area contributed by atoms with Gasteiger partial charge in [-0.15, -0.1) is 0 Å². The lowest BCUT2D eigenvalue weighted by atomic mass is 9.95. The molecule has 0 fully saturated rings. The molecule has 1 nitrogen and oxygen atoms in total. The molecule has 21 heavy (non-hydrogen) atoms. The first-order chi connectivity index (χ1) is 9.93. The summed E-state index contributed by atoms with van der Waals surface area (Å²) in [6, 6.07) is 10.1. The van der Waals surface area contributed by atoms with Gasteiger partial charge in [-0.3, -0.25) is 0 Å². The zero-order valence-corrected chi connectivity index (χ0v) is 15.4. The number of benzene rings is 2. The highest BCUT2D eigenvalue weighted by atomic mass is 79.9. The third-order valence-electron chi connectivity index (χ3n) is 3.61. The van der Waals surface area contributed by atoms with Crippen molar-refractivity contribution in [2.45, 2.75) is 26.8 Å². The summed E-state index contributed by atoms with van der Waals surface area (Å²) in [4.78, 5) is 0. The van der Waals surface area contributed by atoms with E-state index in [1.54, 1.807) is 0 Å². The molecule has 0 saturated heterocycles. The number of aryl methyl sites for hydroxylation is 2. The second-order valence-corrected chi connectivity index (χ2v) is 6.81. The van der Waals surface area contributed by atoms with E-state index in [2.05, 4.69) is 48.1 Å². The molecule has 0 spiro atoms. The fourth-order valence-electron chi connectivity index (χ4n) is 2.35. The van der Waals surface area contributed by atoms with Gasteiger partial charge in [-0.2, -0.15) is 0 Å². The van der Waals surface area contributed by atoms with Crippen LogP contribution in [0.5, 0.6) is 0 Å². The molecule has 0 bridgehead atoms. The zero-order valence-electron chi connectivity index (χ0n) is 12.3. The van der Waals surface area contributed by atoms with E-state index in [1.807, 2.05) is 24.3 Å². The van der Waals surface area contributed by atoms with Gasteiger partial charge in [-0.25, -0.2) is 0 Å². The molecule has 1 N–H and O–H groups in total. The summed E-state index contributed by atoms with van der Waals surface area (Å²) in [5.74, 6) is 0. The maximum absolute atomic E-state index is 6.48. The van der Waals surface area contributed by atoms with Gasteiger partial charge in [-0.05, 0) is 60.8 Å². The standard InChI is InChI=1S/C17H18BrCl2N/c1-4-21-17(13-6-5-12(19)9-15(13)18)14-7-10(2)11(3)8-16(14)20/h5-9,17,21H,4H2,1-3H3. The molecule has 2 aromatic rings. The minimum absolute atomic E-state index is 0.0356. The largest absolute Gasteiger partial charge is 0.306 e. The second kappa shape index (κ2) is 7.15. The van der Waals surface area contributed by atoms with Crippen LogP contribution in [0.4, 0.5) is 0 Å². The van der Waals surface area contributed by atoms with Gasteiger partial charge in [0.1, 0.15) is 0 Å². The highest BCUT2D eigenvalue weighted by Gasteiger charge is 2.19. The summed E-state index contributed by atoms with van der Waals surface area (Å²) >= 11 is 16.1. The molecule has 0 aliphatic carbocycles. The smallest absolute Gasteiger partial charge is 0.0602 e. The SMILES string of the molecule is CCNC(c1cc(C)c(C)cc1Cl)c1ccc(Cl)cc1Br. The van der Waals surface area contributed by atoms with Crippen LogP contribution in [0, 0.1) is 13.8 Å². The van der Waals surface area contributed by atoms with Crippen molar-refractivity contribution in [1.82, 2.24) is 5.32 Å². The zero-order chi connectivity index (χ0) is 15.6. The Hall–Kier alpha value is -0.540. The summed E-state index contributed by atoms with van der Waals surface area (Å²) in [6.45, 7) is 7.12. The molecule has 1 atom stereocenters. The van der Waals surface area contributed by atoms with Crippen LogP contribution in [0.25, 0.3) is 0 Å². The monoisotopic (exact) mass is 385 g/mol. The van der Waals surface area contributed by atoms with Crippen molar-refractivity contribution in [3.63, 3.8) is 0 Å². The molecule has 4 heteroatoms. The third-order valence-corrected chi connectivity index (χ3v) is 4.85. The van der Waals surface area contributed by atoms with Gasteiger partial charge in [0.15, 0.2) is 0 Å². The van der Waals surface area contributed by atoms with E-state index in [9.17, 15) is 0 Å². The van der Waals surface area contributed by atoms with Gasteiger partial charge in [-0.1, -0.05) is 58.2 Å². The van der Waals surface area contributed by atoms with Gasteiger partial charge >= 0.3 is 0 Å². The molecule has 0 aliphatic rings. The van der Waals surface area contributed by atoms with Gasteiger partial charge < -0.3 is 5.32 Å². The quantitative estimate of drug-likeness (QED) is 0.672. The van der Waals surface area contributed by atoms with Crippen LogP contribution in [0.2, 0.25) is 10.0 Å². The van der Waals surface area contributed by atoms with Crippen molar-refractivity contribution in [2.75, 3.05) is 6.54 Å². The predicted octanol–water partition coefficient (Wildman–Crippen LogP) is 6.07. The first-order valence-corrected chi connectivity index (χ1v) is 8.44. The van der Waals surface area contributed by atoms with Crippen molar-refractivity contribution in [3.8, 4) is 0 Å². The Morgan fingerprint density at radius 3 is 2.33 bits per heavy atom. The summed E-state index contributed by atoms with van der Waals surface area (Å²) in [5.41, 5.74) is 4.66. The van der Waals surface area contributed by atoms with Crippen molar-refractivity contribution in [1.29, 1.82) is 0 Å². The van der Waals surface area contributed by atoms with E-state index in [1.165, 1.54) is 11.1 Å². The molecule has 0 aromatic heterocycles. The number of rotatable bonds is 4. The number of nitrogens with one attached hydrogen (secondary N) is 1. The van der Waals surface area contributed by atoms with E-state index in [0.29, 0.717) is 5.02 Å². The van der Waals surface area contributed by atoms with E-state index in [-0.39, 0.29) is 6.04 Å². The minimum atomic E-state index is 0.0356. The van der Waals surface area contributed by atoms with Crippen LogP contribution in [0.15, 0.2) is 34.8 Å². The van der Waals surface area contributed by atoms with E-state index in [4.69, 9.17) is 23.2 Å². The van der Waals surface area contributed by atoms with Crippen LogP contribution in [0.3, 0.4) is 0 Å². The average Bonchev–Trinajstić information content (AvgIpc) is 2.41. The minimum Gasteiger partial charge on any atom is -0.306 e. The lowest BCUT2D eigenvalue weighted by Gasteiger charge is -2.22. The number of hydrogen-bond donors (Lipinski definition) is 1. The third kappa shape index (κ3) is 3.81. The van der Waals surface area contributed by atoms with Crippen molar-refractivity contribution < 1.29 is 0 Å². The van der Waals surface area contributed by atoms with Crippen molar-refractivity contribution >= 4 is 39.1 Å². The van der Waals surface area contributed by atoms with Crippen LogP contribution in [-0.4, -0.2) is 6.54 Å². The molecule has 112 valence electrons.